The molecule has 0 aliphatic heterocycles. The third-order valence-electron chi connectivity index (χ3n) is 3.25. The van der Waals surface area contributed by atoms with Gasteiger partial charge in [0.15, 0.2) is 0 Å². The molecular weight excluding hydrogens is 218 g/mol. The second-order valence-corrected chi connectivity index (χ2v) is 4.95. The zero-order valence-electron chi connectivity index (χ0n) is 11.5. The predicted octanol–water partition coefficient (Wildman–Crippen LogP) is 0.986. The largest absolute Gasteiger partial charge is 0.481 e. The van der Waals surface area contributed by atoms with Crippen molar-refractivity contribution in [1.82, 2.24) is 15.1 Å². The molecule has 1 aromatic heterocycles. The van der Waals surface area contributed by atoms with Gasteiger partial charge in [-0.05, 0) is 27.7 Å². The van der Waals surface area contributed by atoms with Crippen molar-refractivity contribution in [3.63, 3.8) is 0 Å². The molecule has 1 rings (SSSR count). The molecule has 98 valence electrons. The highest BCUT2D eigenvalue weighted by molar-refractivity contribution is 5.30. The van der Waals surface area contributed by atoms with Crippen molar-refractivity contribution >= 4 is 0 Å². The number of nitrogens with one attached hydrogen (secondary N) is 1. The molecule has 1 unspecified atom stereocenters. The smallest absolute Gasteiger partial charge is 0.216 e. The molecule has 0 bridgehead atoms. The molecule has 1 atom stereocenters. The highest BCUT2D eigenvalue weighted by atomic mass is 16.5. The van der Waals surface area contributed by atoms with Crippen molar-refractivity contribution in [3.05, 3.63) is 11.3 Å². The Kier molecular flexibility index (Phi) is 4.16. The molecular formula is C12H23N3O2. The molecule has 0 amide bonds. The Hall–Kier alpha value is -1.07. The summed E-state index contributed by atoms with van der Waals surface area (Å²) in [6.07, 6.45) is -0.425. The van der Waals surface area contributed by atoms with E-state index in [1.165, 1.54) is 0 Å². The zero-order valence-corrected chi connectivity index (χ0v) is 11.5. The minimum Gasteiger partial charge on any atom is -0.481 e. The van der Waals surface area contributed by atoms with Crippen molar-refractivity contribution in [3.8, 4) is 5.88 Å². The van der Waals surface area contributed by atoms with Gasteiger partial charge in [-0.15, -0.1) is 0 Å². The summed E-state index contributed by atoms with van der Waals surface area (Å²) in [4.78, 5) is 0. The van der Waals surface area contributed by atoms with E-state index >= 15 is 0 Å². The molecule has 1 heterocycles. The van der Waals surface area contributed by atoms with Crippen molar-refractivity contribution in [2.75, 3.05) is 7.11 Å². The average Bonchev–Trinajstić information content (AvgIpc) is 2.49. The third kappa shape index (κ3) is 2.98. The Morgan fingerprint density at radius 3 is 2.59 bits per heavy atom. The lowest BCUT2D eigenvalue weighted by Gasteiger charge is -2.29. The van der Waals surface area contributed by atoms with Gasteiger partial charge >= 0.3 is 0 Å². The zero-order chi connectivity index (χ0) is 13.2. The molecule has 0 aliphatic rings. The fourth-order valence-electron chi connectivity index (χ4n) is 1.60. The Morgan fingerprint density at radius 1 is 1.53 bits per heavy atom. The fourth-order valence-corrected chi connectivity index (χ4v) is 1.60. The lowest BCUT2D eigenvalue weighted by Crippen LogP contribution is -2.47. The van der Waals surface area contributed by atoms with Crippen LogP contribution in [0.4, 0.5) is 0 Å². The third-order valence-corrected chi connectivity index (χ3v) is 3.25. The van der Waals surface area contributed by atoms with Gasteiger partial charge in [-0.1, -0.05) is 0 Å². The van der Waals surface area contributed by atoms with Crippen LogP contribution in [0, 0.1) is 6.92 Å². The summed E-state index contributed by atoms with van der Waals surface area (Å²) in [6, 6.07) is 0. The van der Waals surface area contributed by atoms with E-state index in [1.807, 2.05) is 27.8 Å². The molecule has 0 fully saturated rings. The van der Waals surface area contributed by atoms with Crippen molar-refractivity contribution in [2.24, 2.45) is 7.05 Å². The molecule has 0 saturated heterocycles. The summed E-state index contributed by atoms with van der Waals surface area (Å²) < 4.78 is 7.04. The summed E-state index contributed by atoms with van der Waals surface area (Å²) in [6.45, 7) is 8.29. The second-order valence-electron chi connectivity index (χ2n) is 4.95. The number of hydrogen-bond acceptors (Lipinski definition) is 4. The predicted molar refractivity (Wildman–Crippen MR) is 67.1 cm³/mol. The van der Waals surface area contributed by atoms with Crippen LogP contribution in [-0.4, -0.2) is 33.6 Å². The number of nitrogens with zero attached hydrogens (tertiary/aromatic N) is 2. The molecule has 5 nitrogen and oxygen atoms in total. The first-order chi connectivity index (χ1) is 7.79. The minimum absolute atomic E-state index is 0.340. The van der Waals surface area contributed by atoms with Gasteiger partial charge in [0.25, 0.3) is 0 Å². The van der Waals surface area contributed by atoms with Crippen LogP contribution in [0.1, 0.15) is 32.0 Å². The lowest BCUT2D eigenvalue weighted by atomic mass is 9.98. The first-order valence-corrected chi connectivity index (χ1v) is 5.79. The van der Waals surface area contributed by atoms with Crippen LogP contribution < -0.4 is 10.1 Å². The molecule has 0 aliphatic carbocycles. The number of aromatic nitrogens is 2. The molecule has 1 aromatic rings. The fraction of sp³-hybridized carbons (Fsp3) is 0.750. The Balaban J connectivity index is 2.82. The Bertz CT molecular complexity index is 383. The number of methoxy groups -OCH3 is 1. The topological polar surface area (TPSA) is 59.3 Å². The molecule has 0 radical (unpaired) electrons. The maximum absolute atomic E-state index is 9.64. The summed E-state index contributed by atoms with van der Waals surface area (Å²) in [5.41, 5.74) is 1.63. The SMILES string of the molecule is COc1c(CNC(C)(C)C(C)O)c(C)nn1C. The normalized spacial score (nSPS) is 13.8. The van der Waals surface area contributed by atoms with Gasteiger partial charge in [0.1, 0.15) is 0 Å². The van der Waals surface area contributed by atoms with Crippen molar-refractivity contribution < 1.29 is 9.84 Å². The maximum atomic E-state index is 9.64. The summed E-state index contributed by atoms with van der Waals surface area (Å²) in [5.74, 6) is 0.761. The van der Waals surface area contributed by atoms with Gasteiger partial charge < -0.3 is 15.2 Å². The number of aliphatic hydroxyl groups excluding tert-OH is 1. The summed E-state index contributed by atoms with van der Waals surface area (Å²) in [7, 11) is 3.49. The van der Waals surface area contributed by atoms with Gasteiger partial charge in [-0.3, -0.25) is 0 Å². The van der Waals surface area contributed by atoms with Gasteiger partial charge in [0, 0.05) is 19.1 Å². The van der Waals surface area contributed by atoms with Crippen LogP contribution in [0.25, 0.3) is 0 Å². The quantitative estimate of drug-likeness (QED) is 0.807. The van der Waals surface area contributed by atoms with E-state index in [2.05, 4.69) is 10.4 Å². The number of ether oxygens (including phenoxy) is 1. The number of aryl methyl sites for hydroxylation is 2. The van der Waals surface area contributed by atoms with Crippen molar-refractivity contribution in [1.29, 1.82) is 0 Å². The Labute approximate surface area is 103 Å². The maximum Gasteiger partial charge on any atom is 0.216 e. The van der Waals surface area contributed by atoms with Crippen LogP contribution in [0.3, 0.4) is 0 Å². The average molecular weight is 241 g/mol. The number of rotatable bonds is 5. The van der Waals surface area contributed by atoms with E-state index in [9.17, 15) is 5.11 Å². The van der Waals surface area contributed by atoms with E-state index in [0.29, 0.717) is 6.54 Å². The van der Waals surface area contributed by atoms with Gasteiger partial charge in [0.2, 0.25) is 5.88 Å². The summed E-state index contributed by atoms with van der Waals surface area (Å²) in [5, 5.41) is 17.3. The highest BCUT2D eigenvalue weighted by Crippen LogP contribution is 2.21. The van der Waals surface area contributed by atoms with E-state index in [-0.39, 0.29) is 5.54 Å². The first kappa shape index (κ1) is 14.0. The lowest BCUT2D eigenvalue weighted by molar-refractivity contribution is 0.0954. The van der Waals surface area contributed by atoms with Gasteiger partial charge in [-0.2, -0.15) is 5.10 Å². The number of aliphatic hydroxyl groups is 1. The van der Waals surface area contributed by atoms with Crippen molar-refractivity contribution in [2.45, 2.75) is 45.9 Å². The van der Waals surface area contributed by atoms with Crippen LogP contribution in [0.15, 0.2) is 0 Å². The molecule has 2 N–H and O–H groups in total. The Morgan fingerprint density at radius 2 is 2.12 bits per heavy atom. The van der Waals surface area contributed by atoms with Crippen LogP contribution in [0.2, 0.25) is 0 Å². The van der Waals surface area contributed by atoms with Gasteiger partial charge in [0.05, 0.1) is 24.5 Å². The van der Waals surface area contributed by atoms with Crippen LogP contribution in [-0.2, 0) is 13.6 Å². The minimum atomic E-state index is -0.425. The second kappa shape index (κ2) is 5.06. The first-order valence-electron chi connectivity index (χ1n) is 5.79. The van der Waals surface area contributed by atoms with E-state index in [1.54, 1.807) is 18.7 Å². The van der Waals surface area contributed by atoms with Crippen LogP contribution >= 0.6 is 0 Å². The van der Waals surface area contributed by atoms with E-state index in [0.717, 1.165) is 17.1 Å². The molecule has 5 heteroatoms. The van der Waals surface area contributed by atoms with Gasteiger partial charge in [-0.25, -0.2) is 4.68 Å². The van der Waals surface area contributed by atoms with Crippen LogP contribution in [0.5, 0.6) is 5.88 Å². The molecule has 0 spiro atoms. The number of hydrogen-bond donors (Lipinski definition) is 2. The monoisotopic (exact) mass is 241 g/mol. The molecule has 0 saturated carbocycles. The summed E-state index contributed by atoms with van der Waals surface area (Å²) >= 11 is 0. The molecule has 17 heavy (non-hydrogen) atoms. The standard InChI is InChI=1S/C12H23N3O2/c1-8-10(11(17-6)15(5)14-8)7-13-12(3,4)9(2)16/h9,13,16H,7H2,1-6H3. The van der Waals surface area contributed by atoms with E-state index < -0.39 is 6.10 Å². The highest BCUT2D eigenvalue weighted by Gasteiger charge is 2.24. The molecule has 0 aromatic carbocycles. The van der Waals surface area contributed by atoms with E-state index in [4.69, 9.17) is 4.74 Å².